The van der Waals surface area contributed by atoms with Gasteiger partial charge in [-0.15, -0.1) is 0 Å². The summed E-state index contributed by atoms with van der Waals surface area (Å²) in [5.74, 6) is 0. The molecular formula is C6H13O4P. The lowest BCUT2D eigenvalue weighted by atomic mass is 10.3. The van der Waals surface area contributed by atoms with Gasteiger partial charge in [0.2, 0.25) is 0 Å². The predicted octanol–water partition coefficient (Wildman–Crippen LogP) is 1.08. The fourth-order valence-electron chi connectivity index (χ4n) is 1.26. The van der Waals surface area contributed by atoms with E-state index in [0.29, 0.717) is 0 Å². The second kappa shape index (κ2) is 3.68. The first-order valence-corrected chi connectivity index (χ1v) is 5.54. The molecule has 0 radical (unpaired) electrons. The summed E-state index contributed by atoms with van der Waals surface area (Å²) in [6, 6.07) is 0. The third kappa shape index (κ3) is 3.87. The van der Waals surface area contributed by atoms with E-state index in [-0.39, 0.29) is 6.10 Å². The van der Waals surface area contributed by atoms with Crippen molar-refractivity contribution in [2.24, 2.45) is 0 Å². The molecule has 1 aliphatic carbocycles. The monoisotopic (exact) mass is 180 g/mol. The fourth-order valence-corrected chi connectivity index (χ4v) is 1.66. The van der Waals surface area contributed by atoms with Crippen molar-refractivity contribution in [3.63, 3.8) is 0 Å². The van der Waals surface area contributed by atoms with Crippen LogP contribution in [-0.2, 0) is 9.30 Å². The van der Waals surface area contributed by atoms with Crippen molar-refractivity contribution < 1.29 is 19.1 Å². The Morgan fingerprint density at radius 3 is 2.36 bits per heavy atom. The summed E-state index contributed by atoms with van der Waals surface area (Å²) >= 11 is 0. The molecule has 0 saturated heterocycles. The van der Waals surface area contributed by atoms with Gasteiger partial charge in [-0.05, 0) is 12.8 Å². The molecule has 0 spiro atoms. The van der Waals surface area contributed by atoms with Crippen molar-refractivity contribution in [2.75, 3.05) is 6.35 Å². The average molecular weight is 180 g/mol. The second-order valence-corrected chi connectivity index (χ2v) is 4.45. The lowest BCUT2D eigenvalue weighted by Gasteiger charge is -2.10. The molecule has 0 aliphatic heterocycles. The Hall–Kier alpha value is 0.110. The van der Waals surface area contributed by atoms with Gasteiger partial charge in [0.25, 0.3) is 0 Å². The summed E-state index contributed by atoms with van der Waals surface area (Å²) in [5, 5.41) is 0. The summed E-state index contributed by atoms with van der Waals surface area (Å²) in [5.41, 5.74) is 0. The number of hydrogen-bond donors (Lipinski definition) is 2. The number of ether oxygens (including phenoxy) is 1. The molecule has 1 aliphatic rings. The van der Waals surface area contributed by atoms with Crippen molar-refractivity contribution in [1.82, 2.24) is 0 Å². The van der Waals surface area contributed by atoms with Crippen LogP contribution < -0.4 is 0 Å². The van der Waals surface area contributed by atoms with Gasteiger partial charge >= 0.3 is 7.60 Å². The predicted molar refractivity (Wildman–Crippen MR) is 40.3 cm³/mol. The van der Waals surface area contributed by atoms with E-state index in [1.807, 2.05) is 0 Å². The van der Waals surface area contributed by atoms with Crippen LogP contribution in [0.25, 0.3) is 0 Å². The van der Waals surface area contributed by atoms with Crippen LogP contribution in [0.3, 0.4) is 0 Å². The maximum Gasteiger partial charge on any atom is 0.350 e. The Morgan fingerprint density at radius 1 is 1.36 bits per heavy atom. The minimum Gasteiger partial charge on any atom is -0.366 e. The molecule has 66 valence electrons. The van der Waals surface area contributed by atoms with Crippen LogP contribution in [0.15, 0.2) is 0 Å². The van der Waals surface area contributed by atoms with E-state index in [1.54, 1.807) is 0 Å². The third-order valence-electron chi connectivity index (χ3n) is 1.78. The molecule has 5 heteroatoms. The minimum atomic E-state index is -3.94. The van der Waals surface area contributed by atoms with Gasteiger partial charge in [-0.2, -0.15) is 0 Å². The van der Waals surface area contributed by atoms with Gasteiger partial charge < -0.3 is 14.5 Å². The summed E-state index contributed by atoms with van der Waals surface area (Å²) in [4.78, 5) is 16.9. The minimum absolute atomic E-state index is 0.0858. The van der Waals surface area contributed by atoms with Crippen molar-refractivity contribution in [2.45, 2.75) is 31.8 Å². The highest BCUT2D eigenvalue weighted by atomic mass is 31.2. The Kier molecular flexibility index (Phi) is 3.07. The summed E-state index contributed by atoms with van der Waals surface area (Å²) < 4.78 is 15.4. The van der Waals surface area contributed by atoms with Gasteiger partial charge in [0.15, 0.2) is 0 Å². The highest BCUT2D eigenvalue weighted by molar-refractivity contribution is 7.51. The van der Waals surface area contributed by atoms with Crippen molar-refractivity contribution >= 4 is 7.60 Å². The van der Waals surface area contributed by atoms with Gasteiger partial charge in [0, 0.05) is 0 Å². The van der Waals surface area contributed by atoms with E-state index in [1.165, 1.54) is 0 Å². The number of rotatable bonds is 3. The molecule has 0 aromatic heterocycles. The molecule has 4 nitrogen and oxygen atoms in total. The maximum absolute atomic E-state index is 10.4. The van der Waals surface area contributed by atoms with E-state index >= 15 is 0 Å². The lowest BCUT2D eigenvalue weighted by molar-refractivity contribution is 0.0804. The molecule has 1 rings (SSSR count). The van der Waals surface area contributed by atoms with E-state index in [4.69, 9.17) is 14.5 Å². The normalized spacial score (nSPS) is 20.9. The van der Waals surface area contributed by atoms with E-state index < -0.39 is 13.9 Å². The molecule has 0 aromatic carbocycles. The van der Waals surface area contributed by atoms with Crippen LogP contribution >= 0.6 is 7.60 Å². The standard InChI is InChI=1S/C6H13O4P/c7-11(8,9)5-10-6-3-1-2-4-6/h6H,1-5H2,(H2,7,8,9). The average Bonchev–Trinajstić information content (AvgIpc) is 2.32. The first-order chi connectivity index (χ1) is 5.08. The molecule has 11 heavy (non-hydrogen) atoms. The van der Waals surface area contributed by atoms with Crippen molar-refractivity contribution in [1.29, 1.82) is 0 Å². The maximum atomic E-state index is 10.4. The summed E-state index contributed by atoms with van der Waals surface area (Å²) in [7, 11) is -3.94. The van der Waals surface area contributed by atoms with Crippen LogP contribution in [0.1, 0.15) is 25.7 Å². The van der Waals surface area contributed by atoms with Crippen LogP contribution in [-0.4, -0.2) is 22.2 Å². The van der Waals surface area contributed by atoms with Crippen LogP contribution in [0.2, 0.25) is 0 Å². The van der Waals surface area contributed by atoms with Crippen LogP contribution in [0.4, 0.5) is 0 Å². The van der Waals surface area contributed by atoms with Crippen LogP contribution in [0, 0.1) is 0 Å². The molecule has 0 aromatic rings. The molecule has 1 fully saturated rings. The molecular weight excluding hydrogens is 167 g/mol. The zero-order valence-corrected chi connectivity index (χ0v) is 7.17. The Bertz CT molecular complexity index is 158. The third-order valence-corrected chi connectivity index (χ3v) is 2.27. The molecule has 0 atom stereocenters. The largest absolute Gasteiger partial charge is 0.366 e. The SMILES string of the molecule is O=P(O)(O)COC1CCCC1. The van der Waals surface area contributed by atoms with Crippen LogP contribution in [0.5, 0.6) is 0 Å². The molecule has 0 heterocycles. The van der Waals surface area contributed by atoms with Gasteiger partial charge in [-0.1, -0.05) is 12.8 Å². The van der Waals surface area contributed by atoms with E-state index in [0.717, 1.165) is 25.7 Å². The molecule has 1 saturated carbocycles. The first kappa shape index (κ1) is 9.20. The topological polar surface area (TPSA) is 66.8 Å². The zero-order valence-electron chi connectivity index (χ0n) is 6.27. The Labute approximate surface area is 65.7 Å². The van der Waals surface area contributed by atoms with E-state index in [9.17, 15) is 4.57 Å². The summed E-state index contributed by atoms with van der Waals surface area (Å²) in [6.07, 6.45) is 3.79. The lowest BCUT2D eigenvalue weighted by Crippen LogP contribution is -2.08. The molecule has 0 unspecified atom stereocenters. The van der Waals surface area contributed by atoms with E-state index in [2.05, 4.69) is 0 Å². The van der Waals surface area contributed by atoms with Crippen molar-refractivity contribution in [3.8, 4) is 0 Å². The van der Waals surface area contributed by atoms with Gasteiger partial charge in [0.05, 0.1) is 6.10 Å². The molecule has 2 N–H and O–H groups in total. The number of hydrogen-bond acceptors (Lipinski definition) is 2. The Balaban J connectivity index is 2.16. The van der Waals surface area contributed by atoms with Gasteiger partial charge in [-0.3, -0.25) is 4.57 Å². The van der Waals surface area contributed by atoms with Gasteiger partial charge in [0.1, 0.15) is 6.35 Å². The summed E-state index contributed by atoms with van der Waals surface area (Å²) in [6.45, 7) is 0. The smallest absolute Gasteiger partial charge is 0.350 e. The molecule has 0 amide bonds. The van der Waals surface area contributed by atoms with Crippen molar-refractivity contribution in [3.05, 3.63) is 0 Å². The highest BCUT2D eigenvalue weighted by Gasteiger charge is 2.20. The highest BCUT2D eigenvalue weighted by Crippen LogP contribution is 2.36. The van der Waals surface area contributed by atoms with Gasteiger partial charge in [-0.25, -0.2) is 0 Å². The Morgan fingerprint density at radius 2 is 1.91 bits per heavy atom. The molecule has 0 bridgehead atoms. The second-order valence-electron chi connectivity index (χ2n) is 2.87. The quantitative estimate of drug-likeness (QED) is 0.638. The zero-order chi connectivity index (χ0) is 8.32. The first-order valence-electron chi connectivity index (χ1n) is 3.74. The fraction of sp³-hybridized carbons (Fsp3) is 1.00.